The molecule has 2 aromatic rings. The maximum absolute atomic E-state index is 13.1. The Balaban J connectivity index is 2.45. The Kier molecular flexibility index (Phi) is 4.04. The molecule has 0 heterocycles. The van der Waals surface area contributed by atoms with Crippen molar-refractivity contribution < 1.29 is 17.5 Å². The zero-order valence-electron chi connectivity index (χ0n) is 11.6. The number of nitrogen functional groups attached to an aromatic ring is 1. The first-order valence-electron chi connectivity index (χ1n) is 6.06. The van der Waals surface area contributed by atoms with Gasteiger partial charge in [-0.2, -0.15) is 0 Å². The first-order chi connectivity index (χ1) is 9.85. The Morgan fingerprint density at radius 3 is 2.62 bits per heavy atom. The fraction of sp³-hybridized carbons (Fsp3) is 0.143. The van der Waals surface area contributed by atoms with E-state index >= 15 is 0 Å². The van der Waals surface area contributed by atoms with Crippen molar-refractivity contribution in [2.24, 2.45) is 0 Å². The zero-order chi connectivity index (χ0) is 15.6. The summed E-state index contributed by atoms with van der Waals surface area (Å²) >= 11 is 0. The molecule has 2 aromatic carbocycles. The molecule has 0 atom stereocenters. The second kappa shape index (κ2) is 5.61. The van der Waals surface area contributed by atoms with E-state index in [0.29, 0.717) is 11.3 Å². The van der Waals surface area contributed by atoms with Gasteiger partial charge in [0.15, 0.2) is 0 Å². The molecule has 0 spiro atoms. The van der Waals surface area contributed by atoms with E-state index in [4.69, 9.17) is 10.5 Å². The molecule has 112 valence electrons. The van der Waals surface area contributed by atoms with Gasteiger partial charge in [-0.15, -0.1) is 0 Å². The highest BCUT2D eigenvalue weighted by Crippen LogP contribution is 2.29. The van der Waals surface area contributed by atoms with Crippen LogP contribution in [0.2, 0.25) is 0 Å². The summed E-state index contributed by atoms with van der Waals surface area (Å²) in [5.74, 6) is -0.421. The summed E-state index contributed by atoms with van der Waals surface area (Å²) < 4.78 is 45.3. The van der Waals surface area contributed by atoms with Gasteiger partial charge in [0.1, 0.15) is 11.6 Å². The summed E-state index contributed by atoms with van der Waals surface area (Å²) in [6.45, 7) is 1.62. The van der Waals surface area contributed by atoms with Crippen molar-refractivity contribution in [1.82, 2.24) is 0 Å². The minimum Gasteiger partial charge on any atom is -0.494 e. The molecule has 0 aliphatic rings. The van der Waals surface area contributed by atoms with Crippen LogP contribution >= 0.6 is 0 Å². The first kappa shape index (κ1) is 15.1. The van der Waals surface area contributed by atoms with Gasteiger partial charge in [0.25, 0.3) is 10.0 Å². The van der Waals surface area contributed by atoms with Crippen LogP contribution in [0, 0.1) is 12.7 Å². The highest BCUT2D eigenvalue weighted by Gasteiger charge is 2.19. The average molecular weight is 310 g/mol. The lowest BCUT2D eigenvalue weighted by Gasteiger charge is -2.14. The maximum Gasteiger partial charge on any atom is 0.262 e. The van der Waals surface area contributed by atoms with Gasteiger partial charge in [-0.25, -0.2) is 12.8 Å². The van der Waals surface area contributed by atoms with Gasteiger partial charge < -0.3 is 10.5 Å². The minimum absolute atomic E-state index is 0.0638. The molecular weight excluding hydrogens is 295 g/mol. The molecule has 3 N–H and O–H groups in total. The van der Waals surface area contributed by atoms with Crippen LogP contribution in [-0.2, 0) is 10.0 Å². The third-order valence-corrected chi connectivity index (χ3v) is 4.53. The molecular formula is C14H15FN2O3S. The quantitative estimate of drug-likeness (QED) is 0.850. The summed E-state index contributed by atoms with van der Waals surface area (Å²) in [6.07, 6.45) is 0. The van der Waals surface area contributed by atoms with Crippen LogP contribution in [0.5, 0.6) is 5.75 Å². The van der Waals surface area contributed by atoms with Crippen molar-refractivity contribution in [2.45, 2.75) is 11.8 Å². The van der Waals surface area contributed by atoms with Gasteiger partial charge >= 0.3 is 0 Å². The van der Waals surface area contributed by atoms with Gasteiger partial charge in [0.2, 0.25) is 0 Å². The predicted molar refractivity (Wildman–Crippen MR) is 79.4 cm³/mol. The van der Waals surface area contributed by atoms with E-state index in [9.17, 15) is 12.8 Å². The van der Waals surface area contributed by atoms with Gasteiger partial charge in [-0.05, 0) is 36.8 Å². The number of anilines is 2. The minimum atomic E-state index is -3.84. The number of nitrogens with one attached hydrogen (secondary N) is 1. The molecule has 0 amide bonds. The number of nitrogens with two attached hydrogens (primary N) is 1. The largest absolute Gasteiger partial charge is 0.494 e. The number of halogens is 1. The van der Waals surface area contributed by atoms with Crippen LogP contribution in [0.1, 0.15) is 5.56 Å². The van der Waals surface area contributed by atoms with Crippen LogP contribution in [0.25, 0.3) is 0 Å². The molecule has 0 aliphatic heterocycles. The van der Waals surface area contributed by atoms with Crippen LogP contribution in [0.4, 0.5) is 15.8 Å². The van der Waals surface area contributed by atoms with Crippen LogP contribution in [0.15, 0.2) is 41.3 Å². The molecule has 0 unspecified atom stereocenters. The Bertz CT molecular complexity index is 776. The fourth-order valence-corrected chi connectivity index (χ4v) is 3.22. The van der Waals surface area contributed by atoms with Crippen molar-refractivity contribution in [1.29, 1.82) is 0 Å². The Morgan fingerprint density at radius 2 is 1.95 bits per heavy atom. The topological polar surface area (TPSA) is 81.4 Å². The molecule has 0 aliphatic carbocycles. The molecule has 7 heteroatoms. The third kappa shape index (κ3) is 3.08. The number of sulfonamides is 1. The lowest BCUT2D eigenvalue weighted by atomic mass is 10.2. The van der Waals surface area contributed by atoms with E-state index in [1.54, 1.807) is 19.1 Å². The average Bonchev–Trinajstić information content (AvgIpc) is 2.43. The monoisotopic (exact) mass is 310 g/mol. The lowest BCUT2D eigenvalue weighted by Crippen LogP contribution is -2.15. The number of benzene rings is 2. The van der Waals surface area contributed by atoms with Crippen molar-refractivity contribution in [3.05, 3.63) is 47.8 Å². The van der Waals surface area contributed by atoms with Gasteiger partial charge in [-0.3, -0.25) is 4.72 Å². The predicted octanol–water partition coefficient (Wildman–Crippen LogP) is 2.53. The molecule has 2 rings (SSSR count). The lowest BCUT2D eigenvalue weighted by molar-refractivity contribution is 0.413. The number of methoxy groups -OCH3 is 1. The molecule has 0 saturated carbocycles. The first-order valence-corrected chi connectivity index (χ1v) is 7.55. The number of rotatable bonds is 4. The molecule has 21 heavy (non-hydrogen) atoms. The van der Waals surface area contributed by atoms with Crippen molar-refractivity contribution >= 4 is 21.4 Å². The van der Waals surface area contributed by atoms with E-state index < -0.39 is 15.8 Å². The number of ether oxygens (including phenoxy) is 1. The molecule has 5 nitrogen and oxygen atoms in total. The highest BCUT2D eigenvalue weighted by molar-refractivity contribution is 7.92. The summed E-state index contributed by atoms with van der Waals surface area (Å²) in [5.41, 5.74) is 6.70. The summed E-state index contributed by atoms with van der Waals surface area (Å²) in [5, 5.41) is 0. The summed E-state index contributed by atoms with van der Waals surface area (Å²) in [4.78, 5) is 0.0638. The van der Waals surface area contributed by atoms with E-state index in [1.165, 1.54) is 19.2 Å². The second-order valence-corrected chi connectivity index (χ2v) is 6.07. The van der Waals surface area contributed by atoms with E-state index in [-0.39, 0.29) is 16.3 Å². The Morgan fingerprint density at radius 1 is 1.24 bits per heavy atom. The van der Waals surface area contributed by atoms with Crippen molar-refractivity contribution in [3.63, 3.8) is 0 Å². The summed E-state index contributed by atoms with van der Waals surface area (Å²) in [7, 11) is -2.51. The number of hydrogen-bond donors (Lipinski definition) is 2. The Labute approximate surface area is 122 Å². The fourth-order valence-electron chi connectivity index (χ4n) is 1.87. The van der Waals surface area contributed by atoms with Crippen molar-refractivity contribution in [2.75, 3.05) is 17.6 Å². The summed E-state index contributed by atoms with van der Waals surface area (Å²) in [6, 6.07) is 8.17. The second-order valence-electron chi connectivity index (χ2n) is 4.42. The smallest absolute Gasteiger partial charge is 0.262 e. The van der Waals surface area contributed by atoms with Gasteiger partial charge in [0, 0.05) is 11.8 Å². The van der Waals surface area contributed by atoms with Gasteiger partial charge in [0.05, 0.1) is 17.7 Å². The normalized spacial score (nSPS) is 11.2. The zero-order valence-corrected chi connectivity index (χ0v) is 12.4. The Hall–Kier alpha value is -2.28. The van der Waals surface area contributed by atoms with E-state index in [2.05, 4.69) is 4.72 Å². The van der Waals surface area contributed by atoms with Crippen molar-refractivity contribution in [3.8, 4) is 5.75 Å². The molecule has 0 bridgehead atoms. The molecule has 0 fully saturated rings. The van der Waals surface area contributed by atoms with Crippen LogP contribution in [-0.4, -0.2) is 15.5 Å². The van der Waals surface area contributed by atoms with Crippen LogP contribution in [0.3, 0.4) is 0 Å². The van der Waals surface area contributed by atoms with E-state index in [1.807, 2.05) is 0 Å². The van der Waals surface area contributed by atoms with Crippen LogP contribution < -0.4 is 15.2 Å². The standard InChI is InChI=1S/C14H15FN2O3S/c1-9-11(16)4-3-5-14(9)21(18,19)17-12-7-6-10(15)8-13(12)20-2/h3-8,17H,16H2,1-2H3. The number of hydrogen-bond acceptors (Lipinski definition) is 4. The molecule has 0 aromatic heterocycles. The molecule has 0 saturated heterocycles. The maximum atomic E-state index is 13.1. The van der Waals surface area contributed by atoms with E-state index in [0.717, 1.165) is 12.1 Å². The highest BCUT2D eigenvalue weighted by atomic mass is 32.2. The molecule has 0 radical (unpaired) electrons. The van der Waals surface area contributed by atoms with Gasteiger partial charge in [-0.1, -0.05) is 6.07 Å². The SMILES string of the molecule is COc1cc(F)ccc1NS(=O)(=O)c1cccc(N)c1C. The third-order valence-electron chi connectivity index (χ3n) is 3.02.